The van der Waals surface area contributed by atoms with Gasteiger partial charge >= 0.3 is 0 Å². The standard InChI is InChI=1S/C22H29N5O2/c1-17-7-2-3-13-25(17)16-12-23-20(28)10-6-15-27-21-18(8-4-11-24-21)26-14-5-9-19(26)22(27)29/h4-5,8-9,11,14,17H,2-3,6-7,10,12-13,15-16H2,1H3,(H,23,28). The van der Waals surface area contributed by atoms with E-state index >= 15 is 0 Å². The van der Waals surface area contributed by atoms with Gasteiger partial charge in [-0.15, -0.1) is 0 Å². The number of hydrogen-bond acceptors (Lipinski definition) is 4. The summed E-state index contributed by atoms with van der Waals surface area (Å²) >= 11 is 0. The molecule has 7 heteroatoms. The van der Waals surface area contributed by atoms with E-state index in [4.69, 9.17) is 0 Å². The van der Waals surface area contributed by atoms with Gasteiger partial charge in [-0.1, -0.05) is 6.42 Å². The van der Waals surface area contributed by atoms with E-state index in [1.165, 1.54) is 19.3 Å². The predicted octanol–water partition coefficient (Wildman–Crippen LogP) is 2.42. The molecule has 0 saturated carbocycles. The molecule has 1 aliphatic heterocycles. The molecule has 1 amide bonds. The van der Waals surface area contributed by atoms with Crippen LogP contribution in [-0.4, -0.2) is 50.4 Å². The van der Waals surface area contributed by atoms with E-state index in [1.54, 1.807) is 10.8 Å². The molecular formula is C22H29N5O2. The van der Waals surface area contributed by atoms with Gasteiger partial charge in [0.1, 0.15) is 5.52 Å². The van der Waals surface area contributed by atoms with Gasteiger partial charge in [0.25, 0.3) is 5.56 Å². The van der Waals surface area contributed by atoms with E-state index in [9.17, 15) is 9.59 Å². The first kappa shape index (κ1) is 19.6. The quantitative estimate of drug-likeness (QED) is 0.667. The molecule has 4 rings (SSSR count). The summed E-state index contributed by atoms with van der Waals surface area (Å²) in [6, 6.07) is 8.12. The zero-order valence-electron chi connectivity index (χ0n) is 17.0. The van der Waals surface area contributed by atoms with Crippen molar-refractivity contribution < 1.29 is 4.79 Å². The molecule has 3 aromatic heterocycles. The van der Waals surface area contributed by atoms with Crippen LogP contribution in [0.1, 0.15) is 39.0 Å². The second kappa shape index (κ2) is 8.78. The lowest BCUT2D eigenvalue weighted by molar-refractivity contribution is -0.121. The summed E-state index contributed by atoms with van der Waals surface area (Å²) in [6.45, 7) is 5.46. The fourth-order valence-electron chi connectivity index (χ4n) is 4.31. The molecule has 1 saturated heterocycles. The van der Waals surface area contributed by atoms with Gasteiger partial charge in [0, 0.05) is 44.5 Å². The summed E-state index contributed by atoms with van der Waals surface area (Å²) in [5.41, 5.74) is 2.11. The van der Waals surface area contributed by atoms with Crippen LogP contribution in [0.4, 0.5) is 0 Å². The molecule has 4 heterocycles. The monoisotopic (exact) mass is 395 g/mol. The number of fused-ring (bicyclic) bond motifs is 3. The first-order valence-electron chi connectivity index (χ1n) is 10.6. The highest BCUT2D eigenvalue weighted by molar-refractivity contribution is 5.76. The number of carbonyl (C=O) groups is 1. The molecule has 7 nitrogen and oxygen atoms in total. The second-order valence-electron chi connectivity index (χ2n) is 7.90. The van der Waals surface area contributed by atoms with Crippen LogP contribution in [0.25, 0.3) is 16.7 Å². The van der Waals surface area contributed by atoms with E-state index in [0.717, 1.165) is 18.6 Å². The summed E-state index contributed by atoms with van der Waals surface area (Å²) < 4.78 is 3.56. The third-order valence-electron chi connectivity index (χ3n) is 5.94. The van der Waals surface area contributed by atoms with Crippen LogP contribution in [0.2, 0.25) is 0 Å². The maximum absolute atomic E-state index is 12.9. The van der Waals surface area contributed by atoms with Crippen molar-refractivity contribution in [2.45, 2.75) is 51.6 Å². The molecule has 1 atom stereocenters. The molecular weight excluding hydrogens is 366 g/mol. The fourth-order valence-corrected chi connectivity index (χ4v) is 4.31. The summed E-state index contributed by atoms with van der Waals surface area (Å²) in [4.78, 5) is 32.0. The maximum Gasteiger partial charge on any atom is 0.276 e. The molecule has 0 bridgehead atoms. The highest BCUT2D eigenvalue weighted by atomic mass is 16.1. The number of piperidine rings is 1. The minimum absolute atomic E-state index is 0.0451. The highest BCUT2D eigenvalue weighted by Gasteiger charge is 2.17. The maximum atomic E-state index is 12.9. The van der Waals surface area contributed by atoms with Crippen molar-refractivity contribution in [1.29, 1.82) is 0 Å². The van der Waals surface area contributed by atoms with Gasteiger partial charge in [0.05, 0.1) is 5.52 Å². The van der Waals surface area contributed by atoms with E-state index in [-0.39, 0.29) is 11.5 Å². The summed E-state index contributed by atoms with van der Waals surface area (Å²) in [7, 11) is 0. The predicted molar refractivity (Wildman–Crippen MR) is 114 cm³/mol. The lowest BCUT2D eigenvalue weighted by atomic mass is 10.0. The average Bonchev–Trinajstić information content (AvgIpc) is 3.22. The van der Waals surface area contributed by atoms with Crippen LogP contribution in [-0.2, 0) is 11.3 Å². The normalized spacial score (nSPS) is 17.8. The number of amides is 1. The van der Waals surface area contributed by atoms with Crippen LogP contribution in [0.3, 0.4) is 0 Å². The van der Waals surface area contributed by atoms with E-state index in [0.29, 0.717) is 43.1 Å². The van der Waals surface area contributed by atoms with Gasteiger partial charge in [0.2, 0.25) is 5.91 Å². The number of rotatable bonds is 7. The Balaban J connectivity index is 1.34. The van der Waals surface area contributed by atoms with Crippen molar-refractivity contribution in [3.05, 3.63) is 47.0 Å². The summed E-state index contributed by atoms with van der Waals surface area (Å²) in [6.07, 6.45) is 8.39. The van der Waals surface area contributed by atoms with Crippen molar-refractivity contribution in [1.82, 2.24) is 24.2 Å². The van der Waals surface area contributed by atoms with E-state index in [1.807, 2.05) is 34.9 Å². The number of likely N-dealkylation sites (tertiary alicyclic amines) is 1. The minimum Gasteiger partial charge on any atom is -0.355 e. The van der Waals surface area contributed by atoms with Crippen LogP contribution >= 0.6 is 0 Å². The van der Waals surface area contributed by atoms with Gasteiger partial charge in [-0.05, 0) is 57.0 Å². The molecule has 0 aromatic carbocycles. The Hall–Kier alpha value is -2.67. The molecule has 0 spiro atoms. The Morgan fingerprint density at radius 3 is 2.93 bits per heavy atom. The van der Waals surface area contributed by atoms with Crippen LogP contribution in [0, 0.1) is 0 Å². The Labute approximate surface area is 170 Å². The largest absolute Gasteiger partial charge is 0.355 e. The average molecular weight is 396 g/mol. The van der Waals surface area contributed by atoms with Crippen LogP contribution in [0.5, 0.6) is 0 Å². The third kappa shape index (κ3) is 4.19. The Bertz CT molecular complexity index is 1050. The number of nitrogens with zero attached hydrogens (tertiary/aromatic N) is 4. The van der Waals surface area contributed by atoms with Crippen LogP contribution in [0.15, 0.2) is 41.5 Å². The molecule has 0 radical (unpaired) electrons. The topological polar surface area (TPSA) is 71.6 Å². The Morgan fingerprint density at radius 2 is 2.07 bits per heavy atom. The number of carbonyl (C=O) groups excluding carboxylic acids is 1. The van der Waals surface area contributed by atoms with Gasteiger partial charge in [-0.25, -0.2) is 4.98 Å². The van der Waals surface area contributed by atoms with Gasteiger partial charge < -0.3 is 9.72 Å². The van der Waals surface area contributed by atoms with E-state index < -0.39 is 0 Å². The second-order valence-corrected chi connectivity index (χ2v) is 7.90. The minimum atomic E-state index is -0.0688. The van der Waals surface area contributed by atoms with Gasteiger partial charge in [0.15, 0.2) is 5.65 Å². The molecule has 0 aliphatic carbocycles. The smallest absolute Gasteiger partial charge is 0.276 e. The fraction of sp³-hybridized carbons (Fsp3) is 0.500. The SMILES string of the molecule is CC1CCCCN1CCNC(=O)CCCn1c(=O)c2cccn2c2cccnc21. The first-order valence-corrected chi connectivity index (χ1v) is 10.6. The summed E-state index contributed by atoms with van der Waals surface area (Å²) in [5.74, 6) is 0.0451. The number of pyridine rings is 1. The molecule has 1 aliphatic rings. The van der Waals surface area contributed by atoms with E-state index in [2.05, 4.69) is 22.1 Å². The molecule has 1 fully saturated rings. The Morgan fingerprint density at radius 1 is 1.21 bits per heavy atom. The van der Waals surface area contributed by atoms with Crippen molar-refractivity contribution >= 4 is 22.6 Å². The Kier molecular flexibility index (Phi) is 5.94. The number of nitrogens with one attached hydrogen (secondary N) is 1. The molecule has 1 N–H and O–H groups in total. The third-order valence-corrected chi connectivity index (χ3v) is 5.94. The van der Waals surface area contributed by atoms with Crippen molar-refractivity contribution in [2.24, 2.45) is 0 Å². The summed E-state index contributed by atoms with van der Waals surface area (Å²) in [5, 5.41) is 3.03. The zero-order valence-corrected chi connectivity index (χ0v) is 17.0. The zero-order chi connectivity index (χ0) is 20.2. The van der Waals surface area contributed by atoms with Gasteiger partial charge in [-0.3, -0.25) is 19.1 Å². The number of aryl methyl sites for hydroxylation is 1. The van der Waals surface area contributed by atoms with Crippen molar-refractivity contribution in [3.63, 3.8) is 0 Å². The number of aromatic nitrogens is 3. The molecule has 1 unspecified atom stereocenters. The van der Waals surface area contributed by atoms with Crippen LogP contribution < -0.4 is 10.9 Å². The van der Waals surface area contributed by atoms with Crippen molar-refractivity contribution in [3.8, 4) is 0 Å². The van der Waals surface area contributed by atoms with Crippen molar-refractivity contribution in [2.75, 3.05) is 19.6 Å². The lowest BCUT2D eigenvalue weighted by Gasteiger charge is -2.33. The molecule has 3 aromatic rings. The lowest BCUT2D eigenvalue weighted by Crippen LogP contribution is -2.42. The molecule has 29 heavy (non-hydrogen) atoms. The molecule has 154 valence electrons. The number of hydrogen-bond donors (Lipinski definition) is 1. The highest BCUT2D eigenvalue weighted by Crippen LogP contribution is 2.15. The van der Waals surface area contributed by atoms with Gasteiger partial charge in [-0.2, -0.15) is 0 Å². The first-order chi connectivity index (χ1) is 14.1.